The SMILES string of the molecule is COc1ccc(C)cc1Cn1c(C)cnc1-c1ccc(OC(F)(F)F)cc1. The van der Waals surface area contributed by atoms with Gasteiger partial charge in [-0.25, -0.2) is 4.98 Å². The van der Waals surface area contributed by atoms with E-state index in [0.29, 0.717) is 17.9 Å². The Kier molecular flexibility index (Phi) is 5.12. The number of imidazole rings is 1. The Morgan fingerprint density at radius 2 is 1.74 bits per heavy atom. The van der Waals surface area contributed by atoms with E-state index in [1.807, 2.05) is 36.6 Å². The molecule has 3 aromatic rings. The van der Waals surface area contributed by atoms with Crippen LogP contribution in [-0.2, 0) is 6.54 Å². The van der Waals surface area contributed by atoms with E-state index in [2.05, 4.69) is 9.72 Å². The number of hydrogen-bond acceptors (Lipinski definition) is 3. The Balaban J connectivity index is 1.92. The van der Waals surface area contributed by atoms with Gasteiger partial charge in [-0.2, -0.15) is 0 Å². The van der Waals surface area contributed by atoms with E-state index < -0.39 is 6.36 Å². The third-order valence-corrected chi connectivity index (χ3v) is 4.17. The summed E-state index contributed by atoms with van der Waals surface area (Å²) < 4.78 is 48.3. The van der Waals surface area contributed by atoms with Crippen molar-refractivity contribution < 1.29 is 22.6 Å². The number of nitrogens with zero attached hydrogens (tertiary/aromatic N) is 2. The smallest absolute Gasteiger partial charge is 0.496 e. The molecule has 2 aromatic carbocycles. The van der Waals surface area contributed by atoms with Crippen molar-refractivity contribution in [1.82, 2.24) is 9.55 Å². The van der Waals surface area contributed by atoms with E-state index in [1.165, 1.54) is 12.1 Å². The summed E-state index contributed by atoms with van der Waals surface area (Å²) in [4.78, 5) is 4.42. The first-order chi connectivity index (χ1) is 12.8. The van der Waals surface area contributed by atoms with E-state index >= 15 is 0 Å². The fourth-order valence-corrected chi connectivity index (χ4v) is 2.90. The number of rotatable bonds is 5. The Morgan fingerprint density at radius 3 is 2.37 bits per heavy atom. The van der Waals surface area contributed by atoms with Gasteiger partial charge in [-0.1, -0.05) is 17.7 Å². The van der Waals surface area contributed by atoms with Crippen LogP contribution in [0.2, 0.25) is 0 Å². The topological polar surface area (TPSA) is 36.3 Å². The normalized spacial score (nSPS) is 11.5. The third-order valence-electron chi connectivity index (χ3n) is 4.17. The largest absolute Gasteiger partial charge is 0.573 e. The van der Waals surface area contributed by atoms with Gasteiger partial charge in [0.2, 0.25) is 0 Å². The predicted molar refractivity (Wildman–Crippen MR) is 95.9 cm³/mol. The maximum Gasteiger partial charge on any atom is 0.573 e. The summed E-state index contributed by atoms with van der Waals surface area (Å²) in [6.45, 7) is 4.47. The van der Waals surface area contributed by atoms with Crippen molar-refractivity contribution in [3.63, 3.8) is 0 Å². The lowest BCUT2D eigenvalue weighted by Crippen LogP contribution is -2.17. The van der Waals surface area contributed by atoms with Gasteiger partial charge in [0.25, 0.3) is 0 Å². The number of benzene rings is 2. The molecule has 3 rings (SSSR count). The van der Waals surface area contributed by atoms with Crippen molar-refractivity contribution >= 4 is 0 Å². The average Bonchev–Trinajstić information content (AvgIpc) is 2.95. The van der Waals surface area contributed by atoms with Crippen LogP contribution in [-0.4, -0.2) is 23.0 Å². The zero-order chi connectivity index (χ0) is 19.6. The van der Waals surface area contributed by atoms with Crippen molar-refractivity contribution in [1.29, 1.82) is 0 Å². The highest BCUT2D eigenvalue weighted by Crippen LogP contribution is 2.28. The van der Waals surface area contributed by atoms with Crippen LogP contribution in [0, 0.1) is 13.8 Å². The fraction of sp³-hybridized carbons (Fsp3) is 0.250. The minimum atomic E-state index is -4.71. The number of alkyl halides is 3. The minimum absolute atomic E-state index is 0.263. The molecule has 0 unspecified atom stereocenters. The van der Waals surface area contributed by atoms with Crippen molar-refractivity contribution in [2.75, 3.05) is 7.11 Å². The Morgan fingerprint density at radius 1 is 1.04 bits per heavy atom. The fourth-order valence-electron chi connectivity index (χ4n) is 2.90. The molecule has 0 aliphatic heterocycles. The molecule has 0 amide bonds. The molecule has 0 spiro atoms. The Hall–Kier alpha value is -2.96. The maximum atomic E-state index is 12.3. The molecule has 0 N–H and O–H groups in total. The lowest BCUT2D eigenvalue weighted by molar-refractivity contribution is -0.274. The van der Waals surface area contributed by atoms with Gasteiger partial charge in [-0.05, 0) is 44.2 Å². The van der Waals surface area contributed by atoms with Crippen LogP contribution in [0.5, 0.6) is 11.5 Å². The summed E-state index contributed by atoms with van der Waals surface area (Å²) in [5.41, 5.74) is 3.74. The van der Waals surface area contributed by atoms with Crippen molar-refractivity contribution in [2.45, 2.75) is 26.8 Å². The molecule has 0 fully saturated rings. The van der Waals surface area contributed by atoms with Crippen molar-refractivity contribution in [3.8, 4) is 22.9 Å². The summed E-state index contributed by atoms with van der Waals surface area (Å²) in [7, 11) is 1.62. The summed E-state index contributed by atoms with van der Waals surface area (Å²) in [6.07, 6.45) is -2.98. The highest BCUT2D eigenvalue weighted by atomic mass is 19.4. The molecule has 0 saturated heterocycles. The van der Waals surface area contributed by atoms with Crippen LogP contribution in [0.1, 0.15) is 16.8 Å². The maximum absolute atomic E-state index is 12.3. The summed E-state index contributed by atoms with van der Waals surface area (Å²) in [5.74, 6) is 1.17. The number of ether oxygens (including phenoxy) is 2. The molecule has 0 atom stereocenters. The van der Waals surface area contributed by atoms with Gasteiger partial charge >= 0.3 is 6.36 Å². The number of aryl methyl sites for hydroxylation is 2. The first-order valence-electron chi connectivity index (χ1n) is 8.28. The van der Waals surface area contributed by atoms with E-state index in [0.717, 1.165) is 22.6 Å². The first kappa shape index (κ1) is 18.8. The van der Waals surface area contributed by atoms with Gasteiger partial charge in [-0.3, -0.25) is 0 Å². The van der Waals surface area contributed by atoms with Crippen molar-refractivity contribution in [2.24, 2.45) is 0 Å². The zero-order valence-electron chi connectivity index (χ0n) is 15.2. The molecule has 1 aromatic heterocycles. The second-order valence-electron chi connectivity index (χ2n) is 6.20. The van der Waals surface area contributed by atoms with Crippen LogP contribution >= 0.6 is 0 Å². The molecule has 27 heavy (non-hydrogen) atoms. The van der Waals surface area contributed by atoms with Gasteiger partial charge in [0.15, 0.2) is 0 Å². The number of hydrogen-bond donors (Lipinski definition) is 0. The Labute approximate surface area is 155 Å². The van der Waals surface area contributed by atoms with Gasteiger partial charge in [-0.15, -0.1) is 13.2 Å². The van der Waals surface area contributed by atoms with Crippen LogP contribution in [0.3, 0.4) is 0 Å². The van der Waals surface area contributed by atoms with Crippen LogP contribution in [0.25, 0.3) is 11.4 Å². The monoisotopic (exact) mass is 376 g/mol. The molecule has 0 bridgehead atoms. The van der Waals surface area contributed by atoms with Gasteiger partial charge in [0.05, 0.1) is 13.7 Å². The molecule has 0 radical (unpaired) electrons. The van der Waals surface area contributed by atoms with Gasteiger partial charge < -0.3 is 14.0 Å². The van der Waals surface area contributed by atoms with E-state index in [4.69, 9.17) is 4.74 Å². The first-order valence-corrected chi connectivity index (χ1v) is 8.28. The highest BCUT2D eigenvalue weighted by Gasteiger charge is 2.31. The molecular formula is C20H19F3N2O2. The number of aromatic nitrogens is 2. The van der Waals surface area contributed by atoms with Crippen LogP contribution in [0.4, 0.5) is 13.2 Å². The summed E-state index contributed by atoms with van der Waals surface area (Å²) in [5, 5.41) is 0. The molecule has 4 nitrogen and oxygen atoms in total. The van der Waals surface area contributed by atoms with Gasteiger partial charge in [0.1, 0.15) is 17.3 Å². The lowest BCUT2D eigenvalue weighted by atomic mass is 10.1. The summed E-state index contributed by atoms with van der Waals surface area (Å²) in [6, 6.07) is 11.6. The lowest BCUT2D eigenvalue weighted by Gasteiger charge is -2.14. The molecule has 142 valence electrons. The molecular weight excluding hydrogens is 357 g/mol. The van der Waals surface area contributed by atoms with Gasteiger partial charge in [0, 0.05) is 23.0 Å². The van der Waals surface area contributed by atoms with E-state index in [1.54, 1.807) is 25.4 Å². The second-order valence-corrected chi connectivity index (χ2v) is 6.20. The molecule has 0 aliphatic rings. The van der Waals surface area contributed by atoms with E-state index in [9.17, 15) is 13.2 Å². The molecule has 1 heterocycles. The minimum Gasteiger partial charge on any atom is -0.496 e. The van der Waals surface area contributed by atoms with Crippen LogP contribution < -0.4 is 9.47 Å². The average molecular weight is 376 g/mol. The highest BCUT2D eigenvalue weighted by molar-refractivity contribution is 5.58. The van der Waals surface area contributed by atoms with E-state index in [-0.39, 0.29) is 5.75 Å². The van der Waals surface area contributed by atoms with Crippen molar-refractivity contribution in [3.05, 3.63) is 65.5 Å². The molecule has 0 aliphatic carbocycles. The summed E-state index contributed by atoms with van der Waals surface area (Å²) >= 11 is 0. The molecule has 0 saturated carbocycles. The number of halogens is 3. The quantitative estimate of drug-likeness (QED) is 0.620. The molecule has 7 heteroatoms. The standard InChI is InChI=1S/C20H19F3N2O2/c1-13-4-9-18(26-3)16(10-13)12-25-14(2)11-24-19(25)15-5-7-17(8-6-15)27-20(21,22)23/h4-11H,12H2,1-3H3. The number of methoxy groups -OCH3 is 1. The Bertz CT molecular complexity index is 931. The third kappa shape index (κ3) is 4.42. The van der Waals surface area contributed by atoms with Crippen LogP contribution in [0.15, 0.2) is 48.7 Å². The zero-order valence-corrected chi connectivity index (χ0v) is 15.2. The predicted octanol–water partition coefficient (Wildman–Crippen LogP) is 5.12. The second kappa shape index (κ2) is 7.34.